The Morgan fingerprint density at radius 3 is 1.11 bits per heavy atom. The zero-order chi connectivity index (χ0) is 41.0. The van der Waals surface area contributed by atoms with Gasteiger partial charge in [0.2, 0.25) is 0 Å². The molecule has 0 N–H and O–H groups in total. The first-order chi connectivity index (χ1) is 30.8. The normalized spacial score (nSPS) is 11.5. The highest BCUT2D eigenvalue weighted by Gasteiger charge is 2.25. The van der Waals surface area contributed by atoms with E-state index in [0.29, 0.717) is 0 Å². The Hall–Kier alpha value is -8.20. The van der Waals surface area contributed by atoms with Crippen LogP contribution in [-0.4, -0.2) is 9.13 Å². The summed E-state index contributed by atoms with van der Waals surface area (Å²) in [6.07, 6.45) is 0. The van der Waals surface area contributed by atoms with Crippen molar-refractivity contribution in [3.63, 3.8) is 0 Å². The van der Waals surface area contributed by atoms with Crippen LogP contribution < -0.4 is 0 Å². The minimum atomic E-state index is 1.13. The molecule has 0 saturated heterocycles. The van der Waals surface area contributed by atoms with Gasteiger partial charge in [-0.1, -0.05) is 206 Å². The van der Waals surface area contributed by atoms with Crippen molar-refractivity contribution in [1.29, 1.82) is 0 Å². The van der Waals surface area contributed by atoms with Crippen LogP contribution in [0.2, 0.25) is 0 Å². The molecule has 12 aromatic rings. The standard InChI is InChI=1S/C60H40N2/c1-7-20-41(21-8-1)48-35-38-52(44-26-13-4-14-27-44)60-56(48)53-33-19-32-50(58(53)62(60)47-30-17-6-18-31-47)45-34-39-55-54(40-45)57-49(42-22-9-2-10-23-42)36-37-51(43-24-11-3-12-25-43)59(57)61(55)46-28-15-5-16-29-46/h1-40H. The second-order valence-electron chi connectivity index (χ2n) is 16.0. The Balaban J connectivity index is 1.23. The third-order valence-corrected chi connectivity index (χ3v) is 12.5. The molecule has 0 spiro atoms. The van der Waals surface area contributed by atoms with E-state index in [4.69, 9.17) is 0 Å². The Morgan fingerprint density at radius 1 is 0.226 bits per heavy atom. The van der Waals surface area contributed by atoms with Crippen LogP contribution in [0.3, 0.4) is 0 Å². The van der Waals surface area contributed by atoms with Crippen molar-refractivity contribution in [3.05, 3.63) is 243 Å². The lowest BCUT2D eigenvalue weighted by Crippen LogP contribution is -1.97. The van der Waals surface area contributed by atoms with E-state index in [1.54, 1.807) is 0 Å². The number of rotatable bonds is 7. The number of hydrogen-bond donors (Lipinski definition) is 0. The highest BCUT2D eigenvalue weighted by Crippen LogP contribution is 2.48. The summed E-state index contributed by atoms with van der Waals surface area (Å²) in [6.45, 7) is 0. The van der Waals surface area contributed by atoms with Gasteiger partial charge in [0.25, 0.3) is 0 Å². The second-order valence-corrected chi connectivity index (χ2v) is 16.0. The van der Waals surface area contributed by atoms with Crippen molar-refractivity contribution in [3.8, 4) is 67.0 Å². The highest BCUT2D eigenvalue weighted by atomic mass is 15.0. The lowest BCUT2D eigenvalue weighted by atomic mass is 9.93. The van der Waals surface area contributed by atoms with Crippen molar-refractivity contribution < 1.29 is 0 Å². The number of para-hydroxylation sites is 3. The van der Waals surface area contributed by atoms with E-state index >= 15 is 0 Å². The predicted molar refractivity (Wildman–Crippen MR) is 262 cm³/mol. The van der Waals surface area contributed by atoms with Crippen molar-refractivity contribution in [2.24, 2.45) is 0 Å². The van der Waals surface area contributed by atoms with E-state index in [1.165, 1.54) is 99.2 Å². The highest BCUT2D eigenvalue weighted by molar-refractivity contribution is 6.24. The molecular formula is C60H40N2. The number of benzene rings is 10. The Labute approximate surface area is 360 Å². The first-order valence-electron chi connectivity index (χ1n) is 21.4. The maximum atomic E-state index is 2.52. The molecule has 290 valence electrons. The Bertz CT molecular complexity index is 3570. The second kappa shape index (κ2) is 14.8. The predicted octanol–water partition coefficient (Wildman–Crippen LogP) is 16.2. The average Bonchev–Trinajstić information content (AvgIpc) is 3.89. The molecule has 0 atom stereocenters. The molecule has 2 nitrogen and oxygen atoms in total. The molecule has 2 heterocycles. The fraction of sp³-hybridized carbons (Fsp3) is 0. The van der Waals surface area contributed by atoms with Gasteiger partial charge >= 0.3 is 0 Å². The molecule has 0 saturated carbocycles. The largest absolute Gasteiger partial charge is 0.309 e. The molecule has 10 aromatic carbocycles. The van der Waals surface area contributed by atoms with Gasteiger partial charge in [0.15, 0.2) is 0 Å². The number of hydrogen-bond acceptors (Lipinski definition) is 0. The maximum Gasteiger partial charge on any atom is 0.0625 e. The van der Waals surface area contributed by atoms with Crippen molar-refractivity contribution in [1.82, 2.24) is 9.13 Å². The molecule has 2 heteroatoms. The van der Waals surface area contributed by atoms with Crippen LogP contribution in [0.1, 0.15) is 0 Å². The molecule has 0 aliphatic carbocycles. The summed E-state index contributed by atoms with van der Waals surface area (Å²) in [6, 6.07) is 88.4. The molecule has 0 radical (unpaired) electrons. The van der Waals surface area contributed by atoms with Gasteiger partial charge < -0.3 is 9.13 Å². The van der Waals surface area contributed by atoms with Crippen LogP contribution in [0.5, 0.6) is 0 Å². The summed E-state index contributed by atoms with van der Waals surface area (Å²) in [7, 11) is 0. The van der Waals surface area contributed by atoms with Gasteiger partial charge in [0.05, 0.1) is 22.1 Å². The summed E-state index contributed by atoms with van der Waals surface area (Å²) >= 11 is 0. The molecular weight excluding hydrogens is 749 g/mol. The molecule has 62 heavy (non-hydrogen) atoms. The third-order valence-electron chi connectivity index (χ3n) is 12.5. The zero-order valence-corrected chi connectivity index (χ0v) is 34.0. The van der Waals surface area contributed by atoms with E-state index in [0.717, 1.165) is 11.4 Å². The van der Waals surface area contributed by atoms with E-state index in [9.17, 15) is 0 Å². The number of aromatic nitrogens is 2. The smallest absolute Gasteiger partial charge is 0.0625 e. The Kier molecular flexibility index (Phi) is 8.53. The molecule has 0 amide bonds. The average molecular weight is 789 g/mol. The molecule has 0 bridgehead atoms. The van der Waals surface area contributed by atoms with Crippen LogP contribution in [0.15, 0.2) is 243 Å². The number of fused-ring (bicyclic) bond motifs is 6. The van der Waals surface area contributed by atoms with Crippen LogP contribution in [-0.2, 0) is 0 Å². The molecule has 0 fully saturated rings. The quantitative estimate of drug-likeness (QED) is 0.152. The van der Waals surface area contributed by atoms with E-state index in [-0.39, 0.29) is 0 Å². The topological polar surface area (TPSA) is 9.86 Å². The van der Waals surface area contributed by atoms with Crippen molar-refractivity contribution >= 4 is 43.6 Å². The van der Waals surface area contributed by atoms with Crippen molar-refractivity contribution in [2.75, 3.05) is 0 Å². The summed E-state index contributed by atoms with van der Waals surface area (Å²) in [4.78, 5) is 0. The van der Waals surface area contributed by atoms with Crippen LogP contribution in [0, 0.1) is 0 Å². The van der Waals surface area contributed by atoms with E-state index in [1.807, 2.05) is 0 Å². The summed E-state index contributed by atoms with van der Waals surface area (Å²) in [5.41, 5.74) is 19.0. The molecule has 0 aliphatic rings. The maximum absolute atomic E-state index is 2.52. The molecule has 0 unspecified atom stereocenters. The third kappa shape index (κ3) is 5.73. The minimum absolute atomic E-state index is 1.13. The van der Waals surface area contributed by atoms with Gasteiger partial charge in [0, 0.05) is 49.6 Å². The monoisotopic (exact) mass is 788 g/mol. The zero-order valence-electron chi connectivity index (χ0n) is 34.0. The van der Waals surface area contributed by atoms with Crippen LogP contribution >= 0.6 is 0 Å². The summed E-state index contributed by atoms with van der Waals surface area (Å²) in [5.74, 6) is 0. The van der Waals surface area contributed by atoms with Crippen molar-refractivity contribution in [2.45, 2.75) is 0 Å². The van der Waals surface area contributed by atoms with Gasteiger partial charge in [-0.15, -0.1) is 0 Å². The molecule has 12 rings (SSSR count). The summed E-state index contributed by atoms with van der Waals surface area (Å²) in [5, 5.41) is 4.93. The van der Waals surface area contributed by atoms with E-state index in [2.05, 4.69) is 252 Å². The van der Waals surface area contributed by atoms with E-state index < -0.39 is 0 Å². The fourth-order valence-corrected chi connectivity index (χ4v) is 9.84. The van der Waals surface area contributed by atoms with Gasteiger partial charge in [0.1, 0.15) is 0 Å². The van der Waals surface area contributed by atoms with Crippen LogP contribution in [0.4, 0.5) is 0 Å². The first-order valence-corrected chi connectivity index (χ1v) is 21.4. The Morgan fingerprint density at radius 2 is 0.613 bits per heavy atom. The van der Waals surface area contributed by atoms with Crippen LogP contribution in [0.25, 0.3) is 111 Å². The fourth-order valence-electron chi connectivity index (χ4n) is 9.84. The van der Waals surface area contributed by atoms with Gasteiger partial charge in [-0.2, -0.15) is 0 Å². The van der Waals surface area contributed by atoms with Gasteiger partial charge in [-0.25, -0.2) is 0 Å². The lowest BCUT2D eigenvalue weighted by molar-refractivity contribution is 1.18. The SMILES string of the molecule is c1ccc(-c2ccc(-c3ccccc3)c3c2c2cc(-c4cccc5c6c(-c7ccccc7)ccc(-c7ccccc7)c6n(-c6ccccc6)c45)ccc2n3-c2ccccc2)cc1. The first kappa shape index (κ1) is 35.7. The summed E-state index contributed by atoms with van der Waals surface area (Å²) < 4.78 is 5.00. The minimum Gasteiger partial charge on any atom is -0.309 e. The van der Waals surface area contributed by atoms with Gasteiger partial charge in [-0.3, -0.25) is 0 Å². The molecule has 2 aromatic heterocycles. The molecule has 0 aliphatic heterocycles. The number of nitrogens with zero attached hydrogens (tertiary/aromatic N) is 2. The van der Waals surface area contributed by atoms with Gasteiger partial charge in [-0.05, 0) is 75.3 Å². The lowest BCUT2D eigenvalue weighted by Gasteiger charge is -2.15.